The SMILES string of the molecule is CCOC(=O)Oc1[nH]c2c3ccccc3n(C)c2c1-c1ccc2c(c1)CCO2. The highest BCUT2D eigenvalue weighted by atomic mass is 16.7. The van der Waals surface area contributed by atoms with E-state index in [4.69, 9.17) is 14.2 Å². The third-order valence-electron chi connectivity index (χ3n) is 5.24. The summed E-state index contributed by atoms with van der Waals surface area (Å²) in [6.07, 6.45) is 0.156. The van der Waals surface area contributed by atoms with Gasteiger partial charge in [0.25, 0.3) is 0 Å². The second-order valence-corrected chi connectivity index (χ2v) is 6.83. The first-order chi connectivity index (χ1) is 13.7. The summed E-state index contributed by atoms with van der Waals surface area (Å²) in [5.41, 5.74) is 6.01. The van der Waals surface area contributed by atoms with Crippen molar-refractivity contribution < 1.29 is 19.0 Å². The number of carbonyl (C=O) groups excluding carboxylic acids is 1. The van der Waals surface area contributed by atoms with E-state index in [-0.39, 0.29) is 6.61 Å². The molecule has 0 radical (unpaired) electrons. The first-order valence-electron chi connectivity index (χ1n) is 9.37. The molecular weight excluding hydrogens is 356 g/mol. The van der Waals surface area contributed by atoms with Gasteiger partial charge < -0.3 is 23.8 Å². The maximum absolute atomic E-state index is 12.0. The number of nitrogens with one attached hydrogen (secondary N) is 1. The van der Waals surface area contributed by atoms with Gasteiger partial charge >= 0.3 is 6.16 Å². The lowest BCUT2D eigenvalue weighted by molar-refractivity contribution is 0.103. The highest BCUT2D eigenvalue weighted by Gasteiger charge is 2.24. The average molecular weight is 376 g/mol. The van der Waals surface area contributed by atoms with Crippen LogP contribution < -0.4 is 9.47 Å². The number of aromatic amines is 1. The van der Waals surface area contributed by atoms with Crippen LogP contribution in [0.2, 0.25) is 0 Å². The molecule has 3 heterocycles. The van der Waals surface area contributed by atoms with Crippen LogP contribution in [0.3, 0.4) is 0 Å². The Morgan fingerprint density at radius 2 is 2.11 bits per heavy atom. The molecule has 6 nitrogen and oxygen atoms in total. The van der Waals surface area contributed by atoms with Crippen molar-refractivity contribution in [1.29, 1.82) is 0 Å². The van der Waals surface area contributed by atoms with Crippen LogP contribution in [0.1, 0.15) is 12.5 Å². The fraction of sp³-hybridized carbons (Fsp3) is 0.227. The molecule has 142 valence electrons. The predicted molar refractivity (Wildman–Crippen MR) is 107 cm³/mol. The lowest BCUT2D eigenvalue weighted by Gasteiger charge is -2.09. The van der Waals surface area contributed by atoms with E-state index >= 15 is 0 Å². The molecule has 4 aromatic rings. The standard InChI is InChI=1S/C22H20N2O4/c1-3-26-22(25)28-21-18(14-8-9-17-13(12-14)10-11-27-17)20-19(23-21)15-6-4-5-7-16(15)24(20)2/h4-9,12,23H,3,10-11H2,1-2H3. The lowest BCUT2D eigenvalue weighted by atomic mass is 10.0. The molecule has 0 atom stereocenters. The van der Waals surface area contributed by atoms with Crippen molar-refractivity contribution in [3.05, 3.63) is 48.0 Å². The van der Waals surface area contributed by atoms with Gasteiger partial charge in [0.05, 0.1) is 35.3 Å². The van der Waals surface area contributed by atoms with Gasteiger partial charge in [-0.3, -0.25) is 0 Å². The van der Waals surface area contributed by atoms with E-state index in [2.05, 4.69) is 27.8 Å². The summed E-state index contributed by atoms with van der Waals surface area (Å²) in [4.78, 5) is 15.3. The molecule has 0 aliphatic carbocycles. The highest BCUT2D eigenvalue weighted by Crippen LogP contribution is 2.43. The Bertz CT molecular complexity index is 1220. The second kappa shape index (κ2) is 6.34. The van der Waals surface area contributed by atoms with Crippen molar-refractivity contribution in [2.75, 3.05) is 13.2 Å². The molecule has 0 bridgehead atoms. The monoisotopic (exact) mass is 376 g/mol. The number of ether oxygens (including phenoxy) is 3. The normalized spacial score (nSPS) is 12.9. The summed E-state index contributed by atoms with van der Waals surface area (Å²) in [5.74, 6) is 1.31. The van der Waals surface area contributed by atoms with Crippen LogP contribution in [0.5, 0.6) is 11.6 Å². The van der Waals surface area contributed by atoms with E-state index in [9.17, 15) is 4.79 Å². The number of benzene rings is 2. The number of aryl methyl sites for hydroxylation is 1. The van der Waals surface area contributed by atoms with Crippen LogP contribution in [0, 0.1) is 0 Å². The Morgan fingerprint density at radius 1 is 1.25 bits per heavy atom. The minimum absolute atomic E-state index is 0.257. The smallest absolute Gasteiger partial charge is 0.493 e. The number of para-hydroxylation sites is 1. The molecule has 0 amide bonds. The number of aromatic nitrogens is 2. The topological polar surface area (TPSA) is 65.5 Å². The fourth-order valence-electron chi connectivity index (χ4n) is 4.01. The molecule has 6 heteroatoms. The Morgan fingerprint density at radius 3 is 2.96 bits per heavy atom. The first-order valence-corrected chi connectivity index (χ1v) is 9.37. The largest absolute Gasteiger partial charge is 0.515 e. The molecule has 2 aromatic carbocycles. The van der Waals surface area contributed by atoms with Gasteiger partial charge in [0.15, 0.2) is 0 Å². The van der Waals surface area contributed by atoms with Gasteiger partial charge in [0.2, 0.25) is 5.88 Å². The summed E-state index contributed by atoms with van der Waals surface area (Å²) < 4.78 is 18.3. The van der Waals surface area contributed by atoms with E-state index in [1.54, 1.807) is 6.92 Å². The van der Waals surface area contributed by atoms with Crippen LogP contribution in [-0.4, -0.2) is 28.9 Å². The fourth-order valence-corrected chi connectivity index (χ4v) is 4.01. The molecule has 0 saturated carbocycles. The van der Waals surface area contributed by atoms with Crippen LogP contribution in [0.15, 0.2) is 42.5 Å². The van der Waals surface area contributed by atoms with Gasteiger partial charge in [-0.25, -0.2) is 4.79 Å². The molecular formula is C22H20N2O4. The maximum atomic E-state index is 12.0. The van der Waals surface area contributed by atoms with E-state index in [0.717, 1.165) is 50.8 Å². The van der Waals surface area contributed by atoms with E-state index in [0.29, 0.717) is 12.5 Å². The minimum atomic E-state index is -0.718. The second-order valence-electron chi connectivity index (χ2n) is 6.83. The zero-order chi connectivity index (χ0) is 19.3. The van der Waals surface area contributed by atoms with Gasteiger partial charge in [-0.2, -0.15) is 0 Å². The van der Waals surface area contributed by atoms with Crippen molar-refractivity contribution in [2.24, 2.45) is 7.05 Å². The number of fused-ring (bicyclic) bond motifs is 4. The zero-order valence-corrected chi connectivity index (χ0v) is 15.7. The summed E-state index contributed by atoms with van der Waals surface area (Å²) in [6.45, 7) is 2.70. The molecule has 0 unspecified atom stereocenters. The van der Waals surface area contributed by atoms with Crippen molar-refractivity contribution in [2.45, 2.75) is 13.3 Å². The van der Waals surface area contributed by atoms with Crippen molar-refractivity contribution in [3.8, 4) is 22.8 Å². The van der Waals surface area contributed by atoms with Crippen LogP contribution >= 0.6 is 0 Å². The highest BCUT2D eigenvalue weighted by molar-refractivity contribution is 6.13. The maximum Gasteiger partial charge on any atom is 0.515 e. The first kappa shape index (κ1) is 16.7. The summed E-state index contributed by atoms with van der Waals surface area (Å²) in [7, 11) is 2.02. The number of carbonyl (C=O) groups is 1. The van der Waals surface area contributed by atoms with E-state index in [1.807, 2.05) is 31.3 Å². The van der Waals surface area contributed by atoms with E-state index in [1.165, 1.54) is 0 Å². The predicted octanol–water partition coefficient (Wildman–Crippen LogP) is 4.80. The average Bonchev–Trinajstić information content (AvgIpc) is 3.37. The number of H-pyrrole nitrogens is 1. The number of rotatable bonds is 3. The summed E-state index contributed by atoms with van der Waals surface area (Å²) in [5, 5.41) is 1.07. The van der Waals surface area contributed by atoms with Crippen LogP contribution in [0.25, 0.3) is 33.1 Å². The zero-order valence-electron chi connectivity index (χ0n) is 15.7. The van der Waals surface area contributed by atoms with Gasteiger partial charge in [0, 0.05) is 18.9 Å². The van der Waals surface area contributed by atoms with Crippen molar-refractivity contribution in [1.82, 2.24) is 9.55 Å². The van der Waals surface area contributed by atoms with Gasteiger partial charge in [-0.15, -0.1) is 0 Å². The van der Waals surface area contributed by atoms with Crippen molar-refractivity contribution >= 4 is 28.1 Å². The molecule has 1 aliphatic rings. The van der Waals surface area contributed by atoms with Gasteiger partial charge in [-0.1, -0.05) is 24.3 Å². The molecule has 1 N–H and O–H groups in total. The number of nitrogens with zero attached hydrogens (tertiary/aromatic N) is 1. The Balaban J connectivity index is 1.77. The Labute approximate surface area is 161 Å². The van der Waals surface area contributed by atoms with Crippen LogP contribution in [-0.2, 0) is 18.2 Å². The Kier molecular flexibility index (Phi) is 3.79. The third-order valence-corrected chi connectivity index (χ3v) is 5.24. The molecule has 0 fully saturated rings. The van der Waals surface area contributed by atoms with Crippen molar-refractivity contribution in [3.63, 3.8) is 0 Å². The summed E-state index contributed by atoms with van der Waals surface area (Å²) >= 11 is 0. The number of hydrogen-bond acceptors (Lipinski definition) is 4. The molecule has 1 aliphatic heterocycles. The minimum Gasteiger partial charge on any atom is -0.493 e. The molecule has 2 aromatic heterocycles. The number of hydrogen-bond donors (Lipinski definition) is 1. The molecule has 5 rings (SSSR count). The molecule has 28 heavy (non-hydrogen) atoms. The third kappa shape index (κ3) is 2.45. The quantitative estimate of drug-likeness (QED) is 0.522. The van der Waals surface area contributed by atoms with E-state index < -0.39 is 6.16 Å². The lowest BCUT2D eigenvalue weighted by Crippen LogP contribution is -2.10. The van der Waals surface area contributed by atoms with Crippen LogP contribution in [0.4, 0.5) is 4.79 Å². The Hall–Kier alpha value is -3.41. The van der Waals surface area contributed by atoms with Gasteiger partial charge in [0.1, 0.15) is 5.75 Å². The summed E-state index contributed by atoms with van der Waals surface area (Å²) in [6, 6.07) is 14.2. The molecule has 0 saturated heterocycles. The van der Waals surface area contributed by atoms with Gasteiger partial charge in [-0.05, 0) is 36.2 Å². The molecule has 0 spiro atoms.